The third-order valence-corrected chi connectivity index (χ3v) is 6.06. The minimum atomic E-state index is -0.244. The summed E-state index contributed by atoms with van der Waals surface area (Å²) in [6, 6.07) is 13.4. The molecule has 1 fully saturated rings. The molecule has 146 valence electrons. The lowest BCUT2D eigenvalue weighted by Crippen LogP contribution is -2.37. The fourth-order valence-electron chi connectivity index (χ4n) is 4.52. The first-order valence-electron chi connectivity index (χ1n) is 10.5. The Bertz CT molecular complexity index is 877. The molecule has 1 saturated carbocycles. The predicted molar refractivity (Wildman–Crippen MR) is 110 cm³/mol. The van der Waals surface area contributed by atoms with E-state index in [-0.39, 0.29) is 5.60 Å². The van der Waals surface area contributed by atoms with Gasteiger partial charge in [-0.05, 0) is 50.7 Å². The van der Waals surface area contributed by atoms with Gasteiger partial charge in [0, 0.05) is 18.4 Å². The molecule has 1 aliphatic heterocycles. The largest absolute Gasteiger partial charge is 0.370 e. The highest BCUT2D eigenvalue weighted by Gasteiger charge is 2.34. The van der Waals surface area contributed by atoms with Gasteiger partial charge in [-0.2, -0.15) is 5.26 Å². The van der Waals surface area contributed by atoms with Crippen LogP contribution in [0.5, 0.6) is 0 Å². The van der Waals surface area contributed by atoms with Gasteiger partial charge in [-0.15, -0.1) is 0 Å². The zero-order valence-corrected chi connectivity index (χ0v) is 17.0. The van der Waals surface area contributed by atoms with Crippen LogP contribution in [0.3, 0.4) is 0 Å². The molecule has 1 aliphatic carbocycles. The molecule has 28 heavy (non-hydrogen) atoms. The van der Waals surface area contributed by atoms with Crippen LogP contribution in [0.1, 0.15) is 73.9 Å². The number of aromatic amines is 1. The normalized spacial score (nSPS) is 18.9. The average molecular weight is 377 g/mol. The number of nitriles is 1. The zero-order chi connectivity index (χ0) is 19.6. The van der Waals surface area contributed by atoms with Crippen LogP contribution in [-0.2, 0) is 24.2 Å². The van der Waals surface area contributed by atoms with Gasteiger partial charge in [-0.1, -0.05) is 36.8 Å². The Morgan fingerprint density at radius 3 is 2.61 bits per heavy atom. The summed E-state index contributed by atoms with van der Waals surface area (Å²) in [5.74, 6) is 0.900. The van der Waals surface area contributed by atoms with E-state index in [0.717, 1.165) is 41.0 Å². The number of nitrogens with zero attached hydrogens (tertiary/aromatic N) is 1. The van der Waals surface area contributed by atoms with Crippen molar-refractivity contribution >= 4 is 5.82 Å². The topological polar surface area (TPSA) is 59.2 Å². The Kier molecular flexibility index (Phi) is 5.37. The number of fused-ring (bicyclic) bond motifs is 1. The molecule has 2 heterocycles. The second-order valence-corrected chi connectivity index (χ2v) is 8.79. The molecule has 0 radical (unpaired) electrons. The first-order chi connectivity index (χ1) is 13.6. The van der Waals surface area contributed by atoms with E-state index in [9.17, 15) is 5.26 Å². The standard InChI is InChI=1S/C24H29N3O/c1-24(2)14-19-20(15-25)23(26-18-11-7-4-8-12-18)27-22(21(19)16-28-24)13-17-9-5-3-6-10-17/h3,5-6,9-10,18H,4,7-8,11-14,16H2,1-2H3,(H,26,27)/p+1. The van der Waals surface area contributed by atoms with E-state index in [4.69, 9.17) is 4.74 Å². The first kappa shape index (κ1) is 19.0. The van der Waals surface area contributed by atoms with Gasteiger partial charge in [0.05, 0.1) is 18.2 Å². The predicted octanol–water partition coefficient (Wildman–Crippen LogP) is 4.56. The summed E-state index contributed by atoms with van der Waals surface area (Å²) < 4.78 is 6.11. The Hall–Kier alpha value is -2.38. The van der Waals surface area contributed by atoms with Crippen molar-refractivity contribution in [1.29, 1.82) is 5.26 Å². The Morgan fingerprint density at radius 1 is 1.14 bits per heavy atom. The fraction of sp³-hybridized carbons (Fsp3) is 0.500. The van der Waals surface area contributed by atoms with Gasteiger partial charge in [0.25, 0.3) is 5.82 Å². The maximum Gasteiger partial charge on any atom is 0.291 e. The molecule has 1 aromatic heterocycles. The maximum absolute atomic E-state index is 10.0. The Morgan fingerprint density at radius 2 is 1.89 bits per heavy atom. The zero-order valence-electron chi connectivity index (χ0n) is 17.0. The number of nitrogens with one attached hydrogen (secondary N) is 2. The molecular formula is C24H30N3O+. The number of hydrogen-bond donors (Lipinski definition) is 1. The quantitative estimate of drug-likeness (QED) is 0.851. The molecule has 2 aliphatic rings. The maximum atomic E-state index is 10.0. The third kappa shape index (κ3) is 4.05. The van der Waals surface area contributed by atoms with Gasteiger partial charge in [-0.3, -0.25) is 5.32 Å². The summed E-state index contributed by atoms with van der Waals surface area (Å²) >= 11 is 0. The number of hydrogen-bond acceptors (Lipinski definition) is 3. The lowest BCUT2D eigenvalue weighted by Gasteiger charge is -2.33. The van der Waals surface area contributed by atoms with Gasteiger partial charge in [0.1, 0.15) is 17.3 Å². The van der Waals surface area contributed by atoms with Crippen molar-refractivity contribution in [1.82, 2.24) is 0 Å². The molecule has 4 heteroatoms. The Balaban J connectivity index is 1.76. The summed E-state index contributed by atoms with van der Waals surface area (Å²) in [6.07, 6.45) is 7.79. The molecule has 1 aromatic carbocycles. The van der Waals surface area contributed by atoms with Crippen LogP contribution in [0.15, 0.2) is 30.3 Å². The lowest BCUT2D eigenvalue weighted by molar-refractivity contribution is -0.375. The van der Waals surface area contributed by atoms with E-state index in [1.807, 2.05) is 6.07 Å². The fourth-order valence-corrected chi connectivity index (χ4v) is 4.52. The van der Waals surface area contributed by atoms with Gasteiger partial charge in [0.2, 0.25) is 0 Å². The van der Waals surface area contributed by atoms with Crippen molar-refractivity contribution in [2.75, 3.05) is 5.32 Å². The number of ether oxygens (including phenoxy) is 1. The molecule has 0 amide bonds. The van der Waals surface area contributed by atoms with Crippen molar-refractivity contribution in [3.63, 3.8) is 0 Å². The van der Waals surface area contributed by atoms with E-state index in [2.05, 4.69) is 54.5 Å². The van der Waals surface area contributed by atoms with Gasteiger partial charge >= 0.3 is 0 Å². The van der Waals surface area contributed by atoms with Gasteiger partial charge in [0.15, 0.2) is 0 Å². The van der Waals surface area contributed by atoms with Crippen LogP contribution in [0.2, 0.25) is 0 Å². The summed E-state index contributed by atoms with van der Waals surface area (Å²) in [4.78, 5) is 3.60. The smallest absolute Gasteiger partial charge is 0.291 e. The van der Waals surface area contributed by atoms with Crippen LogP contribution in [0, 0.1) is 11.3 Å². The molecule has 2 aromatic rings. The summed E-state index contributed by atoms with van der Waals surface area (Å²) in [5.41, 5.74) is 5.27. The van der Waals surface area contributed by atoms with Crippen molar-refractivity contribution in [2.45, 2.75) is 77.0 Å². The van der Waals surface area contributed by atoms with Gasteiger partial charge < -0.3 is 4.74 Å². The number of benzene rings is 1. The number of pyridine rings is 1. The highest BCUT2D eigenvalue weighted by atomic mass is 16.5. The SMILES string of the molecule is CC1(C)Cc2c(C#N)c(NC3CCCCC3)[nH+]c(Cc3ccccc3)c2CO1. The molecule has 2 N–H and O–H groups in total. The molecule has 0 saturated heterocycles. The number of aromatic nitrogens is 1. The summed E-state index contributed by atoms with van der Waals surface area (Å²) in [6.45, 7) is 4.78. The lowest BCUT2D eigenvalue weighted by atomic mass is 9.87. The van der Waals surface area contributed by atoms with E-state index in [1.165, 1.54) is 37.7 Å². The minimum absolute atomic E-state index is 0.244. The molecule has 0 bridgehead atoms. The monoisotopic (exact) mass is 376 g/mol. The molecule has 4 nitrogen and oxygen atoms in total. The molecule has 4 rings (SSSR count). The molecular weight excluding hydrogens is 346 g/mol. The van der Waals surface area contributed by atoms with Crippen LogP contribution < -0.4 is 10.3 Å². The molecule has 0 unspecified atom stereocenters. The highest BCUT2D eigenvalue weighted by Crippen LogP contribution is 2.34. The number of anilines is 1. The molecule has 0 atom stereocenters. The highest BCUT2D eigenvalue weighted by molar-refractivity contribution is 5.57. The van der Waals surface area contributed by atoms with Crippen LogP contribution in [-0.4, -0.2) is 11.6 Å². The second-order valence-electron chi connectivity index (χ2n) is 8.79. The summed E-state index contributed by atoms with van der Waals surface area (Å²) in [7, 11) is 0. The van der Waals surface area contributed by atoms with Crippen molar-refractivity contribution < 1.29 is 9.72 Å². The first-order valence-corrected chi connectivity index (χ1v) is 10.5. The number of rotatable bonds is 4. The second kappa shape index (κ2) is 7.93. The Labute approximate surface area is 167 Å². The molecule has 0 spiro atoms. The summed E-state index contributed by atoms with van der Waals surface area (Å²) in [5, 5.41) is 13.7. The van der Waals surface area contributed by atoms with E-state index in [0.29, 0.717) is 12.6 Å². The third-order valence-electron chi connectivity index (χ3n) is 6.06. The van der Waals surface area contributed by atoms with E-state index in [1.54, 1.807) is 0 Å². The minimum Gasteiger partial charge on any atom is -0.370 e. The van der Waals surface area contributed by atoms with Crippen LogP contribution >= 0.6 is 0 Å². The van der Waals surface area contributed by atoms with Crippen LogP contribution in [0.4, 0.5) is 5.82 Å². The van der Waals surface area contributed by atoms with E-state index >= 15 is 0 Å². The van der Waals surface area contributed by atoms with Crippen LogP contribution in [0.25, 0.3) is 0 Å². The van der Waals surface area contributed by atoms with Crippen molar-refractivity contribution in [3.8, 4) is 6.07 Å². The van der Waals surface area contributed by atoms with Crippen molar-refractivity contribution in [3.05, 3.63) is 58.3 Å². The van der Waals surface area contributed by atoms with Crippen molar-refractivity contribution in [2.24, 2.45) is 0 Å². The van der Waals surface area contributed by atoms with Gasteiger partial charge in [-0.25, -0.2) is 4.98 Å². The number of H-pyrrole nitrogens is 1. The van der Waals surface area contributed by atoms with E-state index < -0.39 is 0 Å². The average Bonchev–Trinajstić information content (AvgIpc) is 2.69.